The zero-order chi connectivity index (χ0) is 17.2. The summed E-state index contributed by atoms with van der Waals surface area (Å²) in [6.07, 6.45) is 0. The van der Waals surface area contributed by atoms with E-state index in [1.54, 1.807) is 11.8 Å². The lowest BCUT2D eigenvalue weighted by Crippen LogP contribution is -2.51. The van der Waals surface area contributed by atoms with Gasteiger partial charge in [0.25, 0.3) is 5.91 Å². The van der Waals surface area contributed by atoms with Crippen LogP contribution in [0, 0.1) is 6.92 Å². The van der Waals surface area contributed by atoms with Crippen molar-refractivity contribution in [2.45, 2.75) is 33.6 Å². The molecule has 0 radical (unpaired) electrons. The molecule has 1 aromatic carbocycles. The van der Waals surface area contributed by atoms with Crippen molar-refractivity contribution in [3.05, 3.63) is 34.9 Å². The highest BCUT2D eigenvalue weighted by molar-refractivity contribution is 7.89. The summed E-state index contributed by atoms with van der Waals surface area (Å²) in [5.74, 6) is 0.475. The largest absolute Gasteiger partial charge is 0.336 e. The smallest absolute Gasteiger partial charge is 0.254 e. The monoisotopic (exact) mass is 338 g/mol. The van der Waals surface area contributed by atoms with Crippen molar-refractivity contribution in [1.29, 1.82) is 0 Å². The number of carbonyl (C=O) groups is 1. The molecule has 0 N–H and O–H groups in total. The van der Waals surface area contributed by atoms with Gasteiger partial charge in [-0.25, -0.2) is 8.42 Å². The summed E-state index contributed by atoms with van der Waals surface area (Å²) in [4.78, 5) is 14.5. The molecule has 0 aliphatic carbocycles. The van der Waals surface area contributed by atoms with Crippen LogP contribution in [0.1, 0.15) is 48.2 Å². The molecule has 0 atom stereocenters. The number of benzene rings is 1. The quantitative estimate of drug-likeness (QED) is 0.846. The lowest BCUT2D eigenvalue weighted by molar-refractivity contribution is 0.0697. The summed E-state index contributed by atoms with van der Waals surface area (Å²) in [6.45, 7) is 9.45. The van der Waals surface area contributed by atoms with Crippen molar-refractivity contribution in [3.8, 4) is 0 Å². The third-order valence-corrected chi connectivity index (χ3v) is 6.32. The third kappa shape index (κ3) is 3.93. The molecule has 128 valence electrons. The molecule has 0 spiro atoms. The van der Waals surface area contributed by atoms with E-state index in [1.807, 2.05) is 19.1 Å². The van der Waals surface area contributed by atoms with Gasteiger partial charge in [-0.15, -0.1) is 0 Å². The number of hydrogen-bond donors (Lipinski definition) is 0. The second-order valence-corrected chi connectivity index (χ2v) is 8.58. The van der Waals surface area contributed by atoms with Crippen molar-refractivity contribution in [2.75, 3.05) is 31.9 Å². The van der Waals surface area contributed by atoms with Crippen LogP contribution in [0.3, 0.4) is 0 Å². The molecule has 1 aliphatic rings. The predicted molar refractivity (Wildman–Crippen MR) is 92.2 cm³/mol. The van der Waals surface area contributed by atoms with E-state index in [-0.39, 0.29) is 11.7 Å². The van der Waals surface area contributed by atoms with Gasteiger partial charge in [-0.2, -0.15) is 4.31 Å². The minimum absolute atomic E-state index is 0.00135. The van der Waals surface area contributed by atoms with Gasteiger partial charge in [0.15, 0.2) is 0 Å². The number of piperazine rings is 1. The summed E-state index contributed by atoms with van der Waals surface area (Å²) in [6, 6.07) is 6.01. The summed E-state index contributed by atoms with van der Waals surface area (Å²) in [5.41, 5.74) is 2.83. The second-order valence-electron chi connectivity index (χ2n) is 6.32. The van der Waals surface area contributed by atoms with Crippen molar-refractivity contribution >= 4 is 15.9 Å². The Balaban J connectivity index is 2.13. The molecule has 0 saturated carbocycles. The van der Waals surface area contributed by atoms with Crippen molar-refractivity contribution in [2.24, 2.45) is 0 Å². The first-order valence-corrected chi connectivity index (χ1v) is 9.74. The molecule has 2 rings (SSSR count). The second kappa shape index (κ2) is 7.01. The number of nitrogens with zero attached hydrogens (tertiary/aromatic N) is 2. The molecule has 1 fully saturated rings. The normalized spacial score (nSPS) is 16.8. The number of amides is 1. The summed E-state index contributed by atoms with van der Waals surface area (Å²) in [5, 5.41) is 0. The van der Waals surface area contributed by atoms with Gasteiger partial charge in [0.1, 0.15) is 0 Å². The molecule has 1 heterocycles. The minimum Gasteiger partial charge on any atom is -0.336 e. The Hall–Kier alpha value is -1.40. The van der Waals surface area contributed by atoms with Crippen LogP contribution in [-0.2, 0) is 10.0 Å². The Morgan fingerprint density at radius 2 is 1.78 bits per heavy atom. The number of rotatable bonds is 4. The highest BCUT2D eigenvalue weighted by atomic mass is 32.2. The van der Waals surface area contributed by atoms with Crippen molar-refractivity contribution in [3.63, 3.8) is 0 Å². The standard InChI is InChI=1S/C17H26N2O3S/c1-5-23(21,22)19-10-8-18(9-11-19)17(20)16-12-15(13(2)3)7-6-14(16)4/h6-7,12-13H,5,8-11H2,1-4H3. The fraction of sp³-hybridized carbons (Fsp3) is 0.588. The van der Waals surface area contributed by atoms with Gasteiger partial charge in [0.05, 0.1) is 5.75 Å². The van der Waals surface area contributed by atoms with Gasteiger partial charge >= 0.3 is 0 Å². The van der Waals surface area contributed by atoms with Gasteiger partial charge < -0.3 is 4.90 Å². The highest BCUT2D eigenvalue weighted by Crippen LogP contribution is 2.21. The van der Waals surface area contributed by atoms with Crippen LogP contribution in [0.2, 0.25) is 0 Å². The van der Waals surface area contributed by atoms with E-state index >= 15 is 0 Å². The molecule has 1 amide bonds. The maximum atomic E-state index is 12.8. The topological polar surface area (TPSA) is 57.7 Å². The van der Waals surface area contributed by atoms with E-state index in [1.165, 1.54) is 4.31 Å². The Labute approximate surface area is 139 Å². The summed E-state index contributed by atoms with van der Waals surface area (Å²) < 4.78 is 25.3. The average molecular weight is 338 g/mol. The van der Waals surface area contributed by atoms with Crippen LogP contribution in [0.4, 0.5) is 0 Å². The Morgan fingerprint density at radius 3 is 2.30 bits per heavy atom. The van der Waals surface area contributed by atoms with Crippen LogP contribution < -0.4 is 0 Å². The maximum absolute atomic E-state index is 12.8. The van der Waals surface area contributed by atoms with Crippen LogP contribution in [-0.4, -0.2) is 55.5 Å². The molecule has 0 aromatic heterocycles. The van der Waals surface area contributed by atoms with Gasteiger partial charge in [-0.05, 0) is 37.0 Å². The third-order valence-electron chi connectivity index (χ3n) is 4.44. The highest BCUT2D eigenvalue weighted by Gasteiger charge is 2.28. The maximum Gasteiger partial charge on any atom is 0.254 e. The predicted octanol–water partition coefficient (Wildman–Crippen LogP) is 2.23. The molecular weight excluding hydrogens is 312 g/mol. The zero-order valence-corrected chi connectivity index (χ0v) is 15.2. The molecule has 1 saturated heterocycles. The van der Waals surface area contributed by atoms with E-state index in [4.69, 9.17) is 0 Å². The number of hydrogen-bond acceptors (Lipinski definition) is 3. The molecule has 23 heavy (non-hydrogen) atoms. The van der Waals surface area contributed by atoms with E-state index in [0.29, 0.717) is 32.1 Å². The molecule has 0 bridgehead atoms. The molecule has 1 aromatic rings. The summed E-state index contributed by atoms with van der Waals surface area (Å²) in [7, 11) is -3.17. The number of aryl methyl sites for hydroxylation is 1. The van der Waals surface area contributed by atoms with Crippen LogP contribution in [0.15, 0.2) is 18.2 Å². The van der Waals surface area contributed by atoms with Gasteiger partial charge in [0, 0.05) is 31.7 Å². The SMILES string of the molecule is CCS(=O)(=O)N1CCN(C(=O)c2cc(C(C)C)ccc2C)CC1. The van der Waals surface area contributed by atoms with E-state index < -0.39 is 10.0 Å². The number of sulfonamides is 1. The molecule has 0 unspecified atom stereocenters. The fourth-order valence-corrected chi connectivity index (χ4v) is 3.84. The Kier molecular flexibility index (Phi) is 5.47. The van der Waals surface area contributed by atoms with E-state index in [0.717, 1.165) is 16.7 Å². The first-order valence-electron chi connectivity index (χ1n) is 8.14. The van der Waals surface area contributed by atoms with Crippen molar-refractivity contribution < 1.29 is 13.2 Å². The van der Waals surface area contributed by atoms with Gasteiger partial charge in [0.2, 0.25) is 10.0 Å². The fourth-order valence-electron chi connectivity index (χ4n) is 2.75. The zero-order valence-electron chi connectivity index (χ0n) is 14.4. The van der Waals surface area contributed by atoms with Crippen LogP contribution >= 0.6 is 0 Å². The van der Waals surface area contributed by atoms with E-state index in [9.17, 15) is 13.2 Å². The summed E-state index contributed by atoms with van der Waals surface area (Å²) >= 11 is 0. The Morgan fingerprint density at radius 1 is 1.17 bits per heavy atom. The molecular formula is C17H26N2O3S. The lowest BCUT2D eigenvalue weighted by Gasteiger charge is -2.34. The molecule has 5 nitrogen and oxygen atoms in total. The first kappa shape index (κ1) is 17.9. The minimum atomic E-state index is -3.17. The van der Waals surface area contributed by atoms with Gasteiger partial charge in [-0.3, -0.25) is 4.79 Å². The molecule has 6 heteroatoms. The van der Waals surface area contributed by atoms with E-state index in [2.05, 4.69) is 19.9 Å². The molecule has 1 aliphatic heterocycles. The van der Waals surface area contributed by atoms with Gasteiger partial charge in [-0.1, -0.05) is 26.0 Å². The first-order chi connectivity index (χ1) is 10.8. The van der Waals surface area contributed by atoms with Crippen LogP contribution in [0.25, 0.3) is 0 Å². The Bertz CT molecular complexity index is 675. The average Bonchev–Trinajstić information content (AvgIpc) is 2.54. The van der Waals surface area contributed by atoms with Crippen LogP contribution in [0.5, 0.6) is 0 Å². The van der Waals surface area contributed by atoms with Crippen molar-refractivity contribution in [1.82, 2.24) is 9.21 Å². The number of carbonyl (C=O) groups excluding carboxylic acids is 1. The lowest BCUT2D eigenvalue weighted by atomic mass is 9.97.